The molecule has 2 heterocycles. The fourth-order valence-corrected chi connectivity index (χ4v) is 4.83. The minimum Gasteiger partial charge on any atom is -0.490 e. The smallest absolute Gasteiger partial charge is 0.410 e. The molecule has 170 valence electrons. The summed E-state index contributed by atoms with van der Waals surface area (Å²) >= 11 is 0. The number of fused-ring (bicyclic) bond motifs is 1. The van der Waals surface area contributed by atoms with Crippen molar-refractivity contribution in [3.8, 4) is 5.75 Å². The van der Waals surface area contributed by atoms with Crippen LogP contribution >= 0.6 is 0 Å². The van der Waals surface area contributed by atoms with Gasteiger partial charge in [0.15, 0.2) is 0 Å². The molecule has 6 heteroatoms. The van der Waals surface area contributed by atoms with E-state index in [1.807, 2.05) is 45.2 Å². The third-order valence-corrected chi connectivity index (χ3v) is 7.02. The number of amides is 1. The third-order valence-electron chi connectivity index (χ3n) is 7.02. The van der Waals surface area contributed by atoms with Crippen LogP contribution in [0.2, 0.25) is 0 Å². The van der Waals surface area contributed by atoms with Crippen LogP contribution in [0.4, 0.5) is 4.79 Å². The van der Waals surface area contributed by atoms with Crippen LogP contribution in [0.15, 0.2) is 48.8 Å². The average Bonchev–Trinajstić information content (AvgIpc) is 3.54. The van der Waals surface area contributed by atoms with Gasteiger partial charge in [0.05, 0.1) is 25.5 Å². The number of nitrogens with zero attached hydrogens (tertiary/aromatic N) is 2. The number of rotatable bonds is 8. The molecule has 1 saturated heterocycles. The van der Waals surface area contributed by atoms with E-state index in [2.05, 4.69) is 23.2 Å². The van der Waals surface area contributed by atoms with E-state index in [0.717, 1.165) is 38.2 Å². The summed E-state index contributed by atoms with van der Waals surface area (Å²) < 4.78 is 17.5. The quantitative estimate of drug-likeness (QED) is 0.599. The topological polar surface area (TPSA) is 60.9 Å². The van der Waals surface area contributed by atoms with Gasteiger partial charge in [-0.1, -0.05) is 30.3 Å². The van der Waals surface area contributed by atoms with Gasteiger partial charge in [0, 0.05) is 23.6 Å². The molecule has 1 aromatic heterocycles. The number of hydrogen-bond acceptors (Lipinski definition) is 5. The molecule has 0 bridgehead atoms. The first-order chi connectivity index (χ1) is 15.3. The zero-order chi connectivity index (χ0) is 22.4. The normalized spacial score (nSPS) is 27.8. The Morgan fingerprint density at radius 2 is 1.97 bits per heavy atom. The van der Waals surface area contributed by atoms with Crippen LogP contribution in [0.25, 0.3) is 0 Å². The van der Waals surface area contributed by atoms with E-state index in [1.165, 1.54) is 11.1 Å². The molecule has 1 aliphatic heterocycles. The number of carbonyl (C=O) groups excluding carboxylic acids is 1. The van der Waals surface area contributed by atoms with Crippen molar-refractivity contribution in [3.63, 3.8) is 0 Å². The van der Waals surface area contributed by atoms with Gasteiger partial charge in [-0.25, -0.2) is 4.79 Å². The Morgan fingerprint density at radius 1 is 1.19 bits per heavy atom. The lowest BCUT2D eigenvalue weighted by molar-refractivity contribution is -0.0141. The first kappa shape index (κ1) is 21.3. The minimum atomic E-state index is -0.485. The Morgan fingerprint density at radius 3 is 2.66 bits per heavy atom. The van der Waals surface area contributed by atoms with Gasteiger partial charge < -0.3 is 19.1 Å². The Balaban J connectivity index is 1.12. The lowest BCUT2D eigenvalue weighted by atomic mass is 10.0. The summed E-state index contributed by atoms with van der Waals surface area (Å²) in [7, 11) is 0. The molecular weight excluding hydrogens is 404 g/mol. The molecule has 2 aliphatic carbocycles. The zero-order valence-corrected chi connectivity index (χ0v) is 19.2. The predicted molar refractivity (Wildman–Crippen MR) is 121 cm³/mol. The molecule has 1 amide bonds. The van der Waals surface area contributed by atoms with Crippen molar-refractivity contribution < 1.29 is 19.0 Å². The van der Waals surface area contributed by atoms with Gasteiger partial charge in [0.25, 0.3) is 0 Å². The molecule has 3 aliphatic rings. The van der Waals surface area contributed by atoms with Gasteiger partial charge in [-0.3, -0.25) is 4.98 Å². The highest BCUT2D eigenvalue weighted by molar-refractivity contribution is 5.69. The van der Waals surface area contributed by atoms with Crippen molar-refractivity contribution >= 4 is 6.09 Å². The molecule has 5 rings (SSSR count). The highest BCUT2D eigenvalue weighted by Gasteiger charge is 2.83. The van der Waals surface area contributed by atoms with Gasteiger partial charge in [-0.2, -0.15) is 0 Å². The standard InChI is InChI=1S/C26H32N2O4/c1-24(2,3)32-23(29)28-10-9-21(28)15-31-22-11-20(12-27-13-22)26-16-25(26,17-26)18-30-14-19-7-5-4-6-8-19/h4-8,11-13,21H,9-10,14-18H2,1-3H3/t21-,25?,26?/m0/s1. The van der Waals surface area contributed by atoms with Crippen LogP contribution in [-0.4, -0.2) is 47.4 Å². The van der Waals surface area contributed by atoms with E-state index in [4.69, 9.17) is 14.2 Å². The first-order valence-electron chi connectivity index (χ1n) is 11.5. The minimum absolute atomic E-state index is 0.0546. The highest BCUT2D eigenvalue weighted by atomic mass is 16.6. The number of hydrogen-bond donors (Lipinski definition) is 0. The van der Waals surface area contributed by atoms with E-state index in [1.54, 1.807) is 11.1 Å². The fraction of sp³-hybridized carbons (Fsp3) is 0.538. The molecule has 1 aromatic carbocycles. The Bertz CT molecular complexity index is 979. The van der Waals surface area contributed by atoms with Crippen LogP contribution < -0.4 is 4.74 Å². The average molecular weight is 437 g/mol. The zero-order valence-electron chi connectivity index (χ0n) is 19.2. The first-order valence-corrected chi connectivity index (χ1v) is 11.5. The summed E-state index contributed by atoms with van der Waals surface area (Å²) in [6, 6.07) is 12.5. The molecule has 6 nitrogen and oxygen atoms in total. The van der Waals surface area contributed by atoms with Crippen molar-refractivity contribution in [1.82, 2.24) is 9.88 Å². The van der Waals surface area contributed by atoms with Crippen molar-refractivity contribution in [2.24, 2.45) is 5.41 Å². The van der Waals surface area contributed by atoms with Crippen molar-refractivity contribution in [2.45, 2.75) is 63.7 Å². The monoisotopic (exact) mass is 436 g/mol. The summed E-state index contributed by atoms with van der Waals surface area (Å²) in [6.07, 6.45) is 6.71. The third kappa shape index (κ3) is 4.08. The second-order valence-corrected chi connectivity index (χ2v) is 10.5. The highest BCUT2D eigenvalue weighted by Crippen LogP contribution is 2.85. The molecule has 0 unspecified atom stereocenters. The number of ether oxygens (including phenoxy) is 3. The van der Waals surface area contributed by atoms with E-state index in [0.29, 0.717) is 13.2 Å². The number of benzene rings is 1. The Kier molecular flexibility index (Phi) is 5.16. The van der Waals surface area contributed by atoms with Gasteiger partial charge >= 0.3 is 6.09 Å². The largest absolute Gasteiger partial charge is 0.490 e. The molecule has 1 atom stereocenters. The van der Waals surface area contributed by atoms with E-state index < -0.39 is 5.60 Å². The summed E-state index contributed by atoms with van der Waals surface area (Å²) in [6.45, 7) is 8.29. The maximum Gasteiger partial charge on any atom is 0.410 e. The van der Waals surface area contributed by atoms with Gasteiger partial charge in [0.2, 0.25) is 0 Å². The van der Waals surface area contributed by atoms with E-state index in [-0.39, 0.29) is 23.0 Å². The van der Waals surface area contributed by atoms with E-state index in [9.17, 15) is 4.79 Å². The fourth-order valence-electron chi connectivity index (χ4n) is 4.83. The molecule has 2 aromatic rings. The second-order valence-electron chi connectivity index (χ2n) is 10.5. The molecule has 3 fully saturated rings. The maximum absolute atomic E-state index is 12.3. The summed E-state index contributed by atoms with van der Waals surface area (Å²) in [4.78, 5) is 18.5. The summed E-state index contributed by atoms with van der Waals surface area (Å²) in [5, 5.41) is 0. The van der Waals surface area contributed by atoms with Gasteiger partial charge in [-0.05, 0) is 57.2 Å². The molecular formula is C26H32N2O4. The van der Waals surface area contributed by atoms with Crippen molar-refractivity contribution in [1.29, 1.82) is 0 Å². The van der Waals surface area contributed by atoms with Crippen LogP contribution in [-0.2, 0) is 21.5 Å². The summed E-state index contributed by atoms with van der Waals surface area (Å²) in [5.41, 5.74) is 2.47. The Hall–Kier alpha value is -2.60. The van der Waals surface area contributed by atoms with Crippen LogP contribution in [0, 0.1) is 5.41 Å². The van der Waals surface area contributed by atoms with Crippen LogP contribution in [0.1, 0.15) is 51.2 Å². The van der Waals surface area contributed by atoms with E-state index >= 15 is 0 Å². The van der Waals surface area contributed by atoms with Crippen molar-refractivity contribution in [2.75, 3.05) is 19.8 Å². The van der Waals surface area contributed by atoms with Gasteiger partial charge in [-0.15, -0.1) is 0 Å². The number of likely N-dealkylation sites (tertiary alicyclic amines) is 1. The molecule has 0 radical (unpaired) electrons. The second kappa shape index (κ2) is 7.77. The van der Waals surface area contributed by atoms with Crippen molar-refractivity contribution in [3.05, 3.63) is 59.9 Å². The number of pyridine rings is 1. The molecule has 2 saturated carbocycles. The number of aromatic nitrogens is 1. The molecule has 32 heavy (non-hydrogen) atoms. The summed E-state index contributed by atoms with van der Waals surface area (Å²) in [5.74, 6) is 0.769. The lowest BCUT2D eigenvalue weighted by Crippen LogP contribution is -2.55. The lowest BCUT2D eigenvalue weighted by Gasteiger charge is -2.41. The molecule has 0 spiro atoms. The molecule has 0 N–H and O–H groups in total. The Labute approximate surface area is 189 Å². The SMILES string of the molecule is CC(C)(C)OC(=O)N1CC[C@H]1COc1cncc(C23CC2(COCc2ccccc2)C3)c1. The maximum atomic E-state index is 12.3. The predicted octanol–water partition coefficient (Wildman–Crippen LogP) is 4.72. The van der Waals surface area contributed by atoms with Crippen LogP contribution in [0.3, 0.4) is 0 Å². The van der Waals surface area contributed by atoms with Crippen LogP contribution in [0.5, 0.6) is 5.75 Å². The number of carbonyl (C=O) groups is 1. The van der Waals surface area contributed by atoms with Gasteiger partial charge in [0.1, 0.15) is 18.0 Å².